The lowest BCUT2D eigenvalue weighted by Gasteiger charge is -2.32. The molecule has 2 N–H and O–H groups in total. The van der Waals surface area contributed by atoms with Gasteiger partial charge in [0.15, 0.2) is 0 Å². The lowest BCUT2D eigenvalue weighted by molar-refractivity contribution is 0.733. The maximum atomic E-state index is 8.89. The maximum absolute atomic E-state index is 8.89. The summed E-state index contributed by atoms with van der Waals surface area (Å²) in [6.45, 7) is 4.36. The van der Waals surface area contributed by atoms with Crippen molar-refractivity contribution in [2.24, 2.45) is 0 Å². The summed E-state index contributed by atoms with van der Waals surface area (Å²) in [5.74, 6) is 1.16. The van der Waals surface area contributed by atoms with E-state index in [1.54, 1.807) is 0 Å². The van der Waals surface area contributed by atoms with Gasteiger partial charge >= 0.3 is 0 Å². The van der Waals surface area contributed by atoms with Gasteiger partial charge in [0.05, 0.1) is 10.7 Å². The van der Waals surface area contributed by atoms with E-state index in [1.807, 2.05) is 17.8 Å². The van der Waals surface area contributed by atoms with Crippen molar-refractivity contribution < 1.29 is 0 Å². The second kappa shape index (κ2) is 4.98. The highest BCUT2D eigenvalue weighted by atomic mass is 32.2. The summed E-state index contributed by atoms with van der Waals surface area (Å²) >= 11 is 3.55. The van der Waals surface area contributed by atoms with Crippen molar-refractivity contribution in [3.05, 3.63) is 10.9 Å². The molecule has 1 atom stereocenters. The van der Waals surface area contributed by atoms with Gasteiger partial charge in [0.2, 0.25) is 0 Å². The minimum Gasteiger partial charge on any atom is -0.397 e. The van der Waals surface area contributed by atoms with Crippen LogP contribution in [0, 0.1) is 11.3 Å². The lowest BCUT2D eigenvalue weighted by Crippen LogP contribution is -2.37. The zero-order chi connectivity index (χ0) is 11.5. The number of nitrogen functional groups attached to an aromatic ring is 1. The summed E-state index contributed by atoms with van der Waals surface area (Å²) in [6.07, 6.45) is 1.20. The summed E-state index contributed by atoms with van der Waals surface area (Å²) < 4.78 is 0. The van der Waals surface area contributed by atoms with Crippen LogP contribution in [0.1, 0.15) is 18.2 Å². The quantitative estimate of drug-likeness (QED) is 0.880. The molecule has 0 aliphatic carbocycles. The van der Waals surface area contributed by atoms with E-state index < -0.39 is 0 Å². The number of hydrogen-bond acceptors (Lipinski definition) is 5. The number of rotatable bonds is 2. The second-order valence-corrected chi connectivity index (χ2v) is 6.27. The standard InChI is InChI=1S/C11H15N3S2/c1-2-8-7-14(3-4-15-8)11-5-9(13)10(6-12)16-11/h5,8H,2-4,7,13H2,1H3. The Morgan fingerprint density at radius 1 is 1.69 bits per heavy atom. The largest absolute Gasteiger partial charge is 0.397 e. The Morgan fingerprint density at radius 3 is 3.12 bits per heavy atom. The normalized spacial score (nSPS) is 20.8. The Morgan fingerprint density at radius 2 is 2.50 bits per heavy atom. The van der Waals surface area contributed by atoms with Gasteiger partial charge in [-0.25, -0.2) is 0 Å². The Hall–Kier alpha value is -0.860. The Bertz CT molecular complexity index is 408. The van der Waals surface area contributed by atoms with Crippen molar-refractivity contribution in [1.82, 2.24) is 0 Å². The molecule has 1 unspecified atom stereocenters. The highest BCUT2D eigenvalue weighted by Gasteiger charge is 2.21. The third-order valence-corrected chi connectivity index (χ3v) is 5.24. The monoisotopic (exact) mass is 253 g/mol. The molecule has 5 heteroatoms. The van der Waals surface area contributed by atoms with Crippen molar-refractivity contribution in [1.29, 1.82) is 5.26 Å². The van der Waals surface area contributed by atoms with E-state index in [0.717, 1.165) is 23.8 Å². The summed E-state index contributed by atoms with van der Waals surface area (Å²) in [7, 11) is 0. The van der Waals surface area contributed by atoms with E-state index in [-0.39, 0.29) is 0 Å². The van der Waals surface area contributed by atoms with Crippen LogP contribution in [0.25, 0.3) is 0 Å². The van der Waals surface area contributed by atoms with Crippen molar-refractivity contribution in [3.8, 4) is 6.07 Å². The van der Waals surface area contributed by atoms with Crippen LogP contribution in [0.5, 0.6) is 0 Å². The summed E-state index contributed by atoms with van der Waals surface area (Å²) in [5.41, 5.74) is 6.40. The van der Waals surface area contributed by atoms with Crippen molar-refractivity contribution in [2.45, 2.75) is 18.6 Å². The molecule has 0 spiro atoms. The average molecular weight is 253 g/mol. The molecule has 1 saturated heterocycles. The first-order chi connectivity index (χ1) is 7.74. The number of nitrogens with two attached hydrogens (primary N) is 1. The van der Waals surface area contributed by atoms with Crippen LogP contribution in [-0.2, 0) is 0 Å². The fourth-order valence-electron chi connectivity index (χ4n) is 1.80. The molecule has 1 fully saturated rings. The van der Waals surface area contributed by atoms with Gasteiger partial charge in [0.1, 0.15) is 10.9 Å². The van der Waals surface area contributed by atoms with Gasteiger partial charge in [-0.2, -0.15) is 17.0 Å². The third kappa shape index (κ3) is 2.28. The second-order valence-electron chi connectivity index (χ2n) is 3.83. The molecule has 0 saturated carbocycles. The minimum atomic E-state index is 0.619. The number of nitriles is 1. The molecular formula is C11H15N3S2. The molecule has 0 aromatic carbocycles. The van der Waals surface area contributed by atoms with Crippen molar-refractivity contribution >= 4 is 33.8 Å². The van der Waals surface area contributed by atoms with Crippen LogP contribution in [-0.4, -0.2) is 24.1 Å². The zero-order valence-corrected chi connectivity index (χ0v) is 10.9. The van der Waals surface area contributed by atoms with E-state index in [2.05, 4.69) is 17.9 Å². The van der Waals surface area contributed by atoms with Crippen molar-refractivity contribution in [2.75, 3.05) is 29.5 Å². The molecule has 0 amide bonds. The molecule has 86 valence electrons. The van der Waals surface area contributed by atoms with Crippen LogP contribution in [0.2, 0.25) is 0 Å². The molecule has 1 aliphatic rings. The van der Waals surface area contributed by atoms with Gasteiger partial charge in [-0.15, -0.1) is 11.3 Å². The van der Waals surface area contributed by atoms with E-state index in [1.165, 1.54) is 17.8 Å². The average Bonchev–Trinajstić information content (AvgIpc) is 2.71. The van der Waals surface area contributed by atoms with Crippen LogP contribution in [0.4, 0.5) is 10.7 Å². The number of nitrogens with zero attached hydrogens (tertiary/aromatic N) is 2. The van der Waals surface area contributed by atoms with Crippen LogP contribution < -0.4 is 10.6 Å². The lowest BCUT2D eigenvalue weighted by atomic mass is 10.3. The fourth-order valence-corrected chi connectivity index (χ4v) is 3.89. The predicted octanol–water partition coefficient (Wildman–Crippen LogP) is 2.53. The topological polar surface area (TPSA) is 53.0 Å². The molecule has 2 heterocycles. The predicted molar refractivity (Wildman–Crippen MR) is 72.2 cm³/mol. The number of anilines is 2. The number of thiophene rings is 1. The molecule has 16 heavy (non-hydrogen) atoms. The zero-order valence-electron chi connectivity index (χ0n) is 9.27. The first kappa shape index (κ1) is 11.6. The van der Waals surface area contributed by atoms with Crippen LogP contribution in [0.3, 0.4) is 0 Å². The van der Waals surface area contributed by atoms with Crippen molar-refractivity contribution in [3.63, 3.8) is 0 Å². The van der Waals surface area contributed by atoms with Crippen LogP contribution in [0.15, 0.2) is 6.07 Å². The van der Waals surface area contributed by atoms with E-state index >= 15 is 0 Å². The minimum absolute atomic E-state index is 0.619. The van der Waals surface area contributed by atoms with Gasteiger partial charge in [0.25, 0.3) is 0 Å². The molecule has 0 bridgehead atoms. The van der Waals surface area contributed by atoms with Gasteiger partial charge < -0.3 is 10.6 Å². The molecule has 1 aliphatic heterocycles. The molecular weight excluding hydrogens is 238 g/mol. The SMILES string of the molecule is CCC1CN(c2cc(N)c(C#N)s2)CCS1. The molecule has 0 radical (unpaired) electrons. The van der Waals surface area contributed by atoms with E-state index in [4.69, 9.17) is 11.0 Å². The summed E-state index contributed by atoms with van der Waals surface area (Å²) in [4.78, 5) is 2.99. The Kier molecular flexibility index (Phi) is 3.62. The van der Waals surface area contributed by atoms with Gasteiger partial charge in [-0.1, -0.05) is 6.92 Å². The van der Waals surface area contributed by atoms with E-state index in [0.29, 0.717) is 15.8 Å². The number of hydrogen-bond donors (Lipinski definition) is 1. The summed E-state index contributed by atoms with van der Waals surface area (Å²) in [6, 6.07) is 4.08. The molecule has 1 aromatic rings. The first-order valence-corrected chi connectivity index (χ1v) is 7.27. The van der Waals surface area contributed by atoms with E-state index in [9.17, 15) is 0 Å². The molecule has 2 rings (SSSR count). The van der Waals surface area contributed by atoms with Crippen LogP contribution >= 0.6 is 23.1 Å². The highest BCUT2D eigenvalue weighted by molar-refractivity contribution is 8.00. The Balaban J connectivity index is 2.14. The van der Waals surface area contributed by atoms with Gasteiger partial charge in [-0.05, 0) is 12.5 Å². The van der Waals surface area contributed by atoms with Gasteiger partial charge in [-0.3, -0.25) is 0 Å². The highest BCUT2D eigenvalue weighted by Crippen LogP contribution is 2.34. The maximum Gasteiger partial charge on any atom is 0.129 e. The summed E-state index contributed by atoms with van der Waals surface area (Å²) in [5, 5.41) is 10.7. The third-order valence-electron chi connectivity index (χ3n) is 2.76. The smallest absolute Gasteiger partial charge is 0.129 e. The fraction of sp³-hybridized carbons (Fsp3) is 0.545. The van der Waals surface area contributed by atoms with Gasteiger partial charge in [0, 0.05) is 24.1 Å². The molecule has 3 nitrogen and oxygen atoms in total. The first-order valence-electron chi connectivity index (χ1n) is 5.40. The number of thioether (sulfide) groups is 1. The Labute approximate surface area is 104 Å². The molecule has 1 aromatic heterocycles.